The van der Waals surface area contributed by atoms with Crippen molar-refractivity contribution in [1.29, 1.82) is 0 Å². The number of hydrogen-bond acceptors (Lipinski definition) is 0. The van der Waals surface area contributed by atoms with Crippen LogP contribution in [0.3, 0.4) is 0 Å². The summed E-state index contributed by atoms with van der Waals surface area (Å²) in [6, 6.07) is 10.0. The molecule has 0 atom stereocenters. The Balaban J connectivity index is 2.32. The lowest BCUT2D eigenvalue weighted by atomic mass is 10.0. The highest BCUT2D eigenvalue weighted by Crippen LogP contribution is 2.21. The molecule has 0 nitrogen and oxygen atoms in total. The molecule has 0 amide bonds. The molecule has 0 N–H and O–H groups in total. The Morgan fingerprint density at radius 3 is 2.22 bits per heavy atom. The summed E-state index contributed by atoms with van der Waals surface area (Å²) >= 11 is 0. The summed E-state index contributed by atoms with van der Waals surface area (Å²) in [6.45, 7) is 2.09. The van der Waals surface area contributed by atoms with Crippen molar-refractivity contribution in [2.45, 2.75) is 51.9 Å². The van der Waals surface area contributed by atoms with Crippen LogP contribution in [0.1, 0.15) is 51.0 Å². The van der Waals surface area contributed by atoms with Crippen molar-refractivity contribution in [3.05, 3.63) is 47.5 Å². The summed E-state index contributed by atoms with van der Waals surface area (Å²) in [5, 5.41) is 0. The van der Waals surface area contributed by atoms with Gasteiger partial charge in [0.25, 0.3) is 6.08 Å². The molecule has 0 unspecified atom stereocenters. The van der Waals surface area contributed by atoms with E-state index in [-0.39, 0.29) is 0 Å². The maximum atomic E-state index is 12.7. The van der Waals surface area contributed by atoms with E-state index >= 15 is 0 Å². The van der Waals surface area contributed by atoms with Gasteiger partial charge in [-0.15, -0.1) is 0 Å². The summed E-state index contributed by atoms with van der Waals surface area (Å²) in [4.78, 5) is 0. The van der Waals surface area contributed by atoms with Crippen LogP contribution in [0.4, 0.5) is 8.78 Å². The predicted octanol–water partition coefficient (Wildman–Crippen LogP) is 5.74. The van der Waals surface area contributed by atoms with E-state index in [1.165, 1.54) is 5.56 Å². The molecule has 2 heteroatoms. The van der Waals surface area contributed by atoms with E-state index in [0.717, 1.165) is 32.1 Å². The summed E-state index contributed by atoms with van der Waals surface area (Å²) in [6.07, 6.45) is 4.31. The van der Waals surface area contributed by atoms with Gasteiger partial charge in [0.15, 0.2) is 0 Å². The van der Waals surface area contributed by atoms with Gasteiger partial charge in [-0.1, -0.05) is 50.1 Å². The highest BCUT2D eigenvalue weighted by atomic mass is 19.3. The van der Waals surface area contributed by atoms with Crippen LogP contribution in [-0.2, 0) is 6.42 Å². The second-order valence-electron chi connectivity index (χ2n) is 4.66. The first kappa shape index (κ1) is 14.9. The van der Waals surface area contributed by atoms with Gasteiger partial charge in [-0.3, -0.25) is 0 Å². The van der Waals surface area contributed by atoms with E-state index in [0.29, 0.717) is 18.4 Å². The van der Waals surface area contributed by atoms with Gasteiger partial charge < -0.3 is 0 Å². The topological polar surface area (TPSA) is 0 Å². The van der Waals surface area contributed by atoms with E-state index in [2.05, 4.69) is 6.92 Å². The lowest BCUT2D eigenvalue weighted by molar-refractivity contribution is 0.400. The second-order valence-corrected chi connectivity index (χ2v) is 4.66. The van der Waals surface area contributed by atoms with Crippen molar-refractivity contribution < 1.29 is 8.78 Å². The molecule has 0 saturated heterocycles. The summed E-state index contributed by atoms with van der Waals surface area (Å²) in [5.41, 5.74) is 1.59. The van der Waals surface area contributed by atoms with Crippen molar-refractivity contribution in [3.8, 4) is 0 Å². The van der Waals surface area contributed by atoms with E-state index in [1.54, 1.807) is 0 Å². The molecule has 0 radical (unpaired) electrons. The molecular weight excluding hydrogens is 230 g/mol. The summed E-state index contributed by atoms with van der Waals surface area (Å²) < 4.78 is 25.5. The van der Waals surface area contributed by atoms with Gasteiger partial charge >= 0.3 is 0 Å². The molecule has 0 aliphatic heterocycles. The normalized spacial score (nSPS) is 10.4. The predicted molar refractivity (Wildman–Crippen MR) is 72.8 cm³/mol. The first-order chi connectivity index (χ1) is 8.74. The molecular formula is C16H22F2. The first-order valence-electron chi connectivity index (χ1n) is 6.81. The molecule has 0 bridgehead atoms. The maximum Gasteiger partial charge on any atom is 0.269 e. The fourth-order valence-electron chi connectivity index (χ4n) is 2.05. The Morgan fingerprint density at radius 1 is 0.944 bits per heavy atom. The average Bonchev–Trinajstić information content (AvgIpc) is 2.38. The minimum Gasteiger partial charge on any atom is -0.173 e. The van der Waals surface area contributed by atoms with Gasteiger partial charge in [-0.25, -0.2) is 0 Å². The van der Waals surface area contributed by atoms with Crippen LogP contribution in [0.5, 0.6) is 0 Å². The number of unbranched alkanes of at least 4 members (excludes halogenated alkanes) is 2. The minimum absolute atomic E-state index is 0.361. The SMILES string of the molecule is CCCCCC(CCCc1ccccc1)=C(F)F. The van der Waals surface area contributed by atoms with Crippen LogP contribution in [0, 0.1) is 0 Å². The van der Waals surface area contributed by atoms with Crippen LogP contribution >= 0.6 is 0 Å². The molecule has 0 saturated carbocycles. The summed E-state index contributed by atoms with van der Waals surface area (Å²) in [5.74, 6) is 0. The second kappa shape index (κ2) is 8.84. The molecule has 0 fully saturated rings. The highest BCUT2D eigenvalue weighted by molar-refractivity contribution is 5.15. The van der Waals surface area contributed by atoms with Crippen molar-refractivity contribution in [2.24, 2.45) is 0 Å². The fraction of sp³-hybridized carbons (Fsp3) is 0.500. The van der Waals surface area contributed by atoms with Gasteiger partial charge in [-0.2, -0.15) is 8.78 Å². The maximum absolute atomic E-state index is 12.7. The number of halogens is 2. The van der Waals surface area contributed by atoms with Gasteiger partial charge in [0.05, 0.1) is 0 Å². The number of rotatable bonds is 8. The first-order valence-corrected chi connectivity index (χ1v) is 6.81. The van der Waals surface area contributed by atoms with Crippen LogP contribution < -0.4 is 0 Å². The Hall–Kier alpha value is -1.18. The zero-order chi connectivity index (χ0) is 13.2. The quantitative estimate of drug-likeness (QED) is 0.517. The van der Waals surface area contributed by atoms with E-state index in [9.17, 15) is 8.78 Å². The van der Waals surface area contributed by atoms with Crippen LogP contribution in [0.2, 0.25) is 0 Å². The van der Waals surface area contributed by atoms with Crippen LogP contribution in [-0.4, -0.2) is 0 Å². The Bertz CT molecular complexity index is 351. The van der Waals surface area contributed by atoms with Gasteiger partial charge in [0, 0.05) is 0 Å². The highest BCUT2D eigenvalue weighted by Gasteiger charge is 2.06. The molecule has 100 valence electrons. The fourth-order valence-corrected chi connectivity index (χ4v) is 2.05. The molecule has 0 aromatic heterocycles. The third kappa shape index (κ3) is 5.95. The third-order valence-corrected chi connectivity index (χ3v) is 3.14. The molecule has 1 aromatic carbocycles. The third-order valence-electron chi connectivity index (χ3n) is 3.14. The van der Waals surface area contributed by atoms with Crippen molar-refractivity contribution in [1.82, 2.24) is 0 Å². The zero-order valence-electron chi connectivity index (χ0n) is 11.1. The monoisotopic (exact) mass is 252 g/mol. The Kier molecular flexibility index (Phi) is 7.31. The summed E-state index contributed by atoms with van der Waals surface area (Å²) in [7, 11) is 0. The van der Waals surface area contributed by atoms with Crippen LogP contribution in [0.25, 0.3) is 0 Å². The molecule has 18 heavy (non-hydrogen) atoms. The molecule has 0 heterocycles. The number of aryl methyl sites for hydroxylation is 1. The molecule has 1 rings (SSSR count). The molecule has 0 aliphatic carbocycles. The van der Waals surface area contributed by atoms with Gasteiger partial charge in [-0.05, 0) is 43.2 Å². The largest absolute Gasteiger partial charge is 0.269 e. The van der Waals surface area contributed by atoms with E-state index in [4.69, 9.17) is 0 Å². The number of benzene rings is 1. The lowest BCUT2D eigenvalue weighted by Crippen LogP contribution is -1.91. The molecule has 0 spiro atoms. The van der Waals surface area contributed by atoms with Crippen molar-refractivity contribution >= 4 is 0 Å². The average molecular weight is 252 g/mol. The zero-order valence-corrected chi connectivity index (χ0v) is 11.1. The van der Waals surface area contributed by atoms with Gasteiger partial charge in [0.1, 0.15) is 0 Å². The van der Waals surface area contributed by atoms with Crippen molar-refractivity contribution in [2.75, 3.05) is 0 Å². The van der Waals surface area contributed by atoms with E-state index < -0.39 is 6.08 Å². The number of allylic oxidation sites excluding steroid dienone is 1. The van der Waals surface area contributed by atoms with Gasteiger partial charge in [0.2, 0.25) is 0 Å². The molecule has 1 aromatic rings. The van der Waals surface area contributed by atoms with Crippen molar-refractivity contribution in [3.63, 3.8) is 0 Å². The van der Waals surface area contributed by atoms with E-state index in [1.807, 2.05) is 30.3 Å². The Morgan fingerprint density at radius 2 is 1.61 bits per heavy atom. The minimum atomic E-state index is -1.46. The smallest absolute Gasteiger partial charge is 0.173 e. The number of hydrogen-bond donors (Lipinski definition) is 0. The standard InChI is InChI=1S/C16H22F2/c1-2-3-5-12-15(16(17)18)13-8-11-14-9-6-4-7-10-14/h4,6-7,9-10H,2-3,5,8,11-13H2,1H3. The van der Waals surface area contributed by atoms with Crippen LogP contribution in [0.15, 0.2) is 42.0 Å². The molecule has 0 aliphatic rings. The Labute approximate surface area is 109 Å². The lowest BCUT2D eigenvalue weighted by Gasteiger charge is -2.06.